The highest BCUT2D eigenvalue weighted by molar-refractivity contribution is 7.99. The van der Waals surface area contributed by atoms with Gasteiger partial charge in [0.05, 0.1) is 7.11 Å². The zero-order chi connectivity index (χ0) is 17.2. The smallest absolute Gasteiger partial charge is 0.303 e. The van der Waals surface area contributed by atoms with Crippen LogP contribution in [-0.4, -0.2) is 23.9 Å². The number of hydrogen-bond donors (Lipinski definition) is 1. The molecule has 1 atom stereocenters. The van der Waals surface area contributed by atoms with Gasteiger partial charge in [-0.2, -0.15) is 0 Å². The number of aliphatic carboxylic acids is 1. The monoisotopic (exact) mass is 344 g/mol. The van der Waals surface area contributed by atoms with Crippen LogP contribution in [0.1, 0.15) is 24.8 Å². The molecule has 2 aromatic rings. The fourth-order valence-electron chi connectivity index (χ4n) is 2.62. The predicted molar refractivity (Wildman–Crippen MR) is 98.8 cm³/mol. The molecule has 0 heterocycles. The molecule has 0 aliphatic carbocycles. The van der Waals surface area contributed by atoms with Gasteiger partial charge in [0.15, 0.2) is 0 Å². The number of hydrogen-bond acceptors (Lipinski definition) is 3. The molecule has 0 saturated carbocycles. The second-order valence-corrected chi connectivity index (χ2v) is 6.92. The predicted octanol–water partition coefficient (Wildman–Crippen LogP) is 4.90. The van der Waals surface area contributed by atoms with Crippen LogP contribution in [0, 0.1) is 5.92 Å². The van der Waals surface area contributed by atoms with Crippen LogP contribution in [0.5, 0.6) is 5.75 Å². The Hall–Kier alpha value is -1.94. The highest BCUT2D eigenvalue weighted by atomic mass is 32.2. The van der Waals surface area contributed by atoms with E-state index in [1.165, 1.54) is 5.56 Å². The standard InChI is InChI=1S/C20H24O3S/c1-23-18-10-12-19(13-11-18)24-15-17(14-20(21)22)9-5-8-16-6-3-2-4-7-16/h2-4,6-7,10-13,17H,5,8-9,14-15H2,1H3,(H,21,22). The number of thioether (sulfide) groups is 1. The summed E-state index contributed by atoms with van der Waals surface area (Å²) in [7, 11) is 1.65. The van der Waals surface area contributed by atoms with Crippen LogP contribution in [0.4, 0.5) is 0 Å². The third-order valence-electron chi connectivity index (χ3n) is 3.93. The van der Waals surface area contributed by atoms with E-state index in [1.807, 2.05) is 42.5 Å². The number of carbonyl (C=O) groups is 1. The fourth-order valence-corrected chi connectivity index (χ4v) is 3.66. The number of rotatable bonds is 10. The Morgan fingerprint density at radius 2 is 1.83 bits per heavy atom. The molecule has 0 saturated heterocycles. The van der Waals surface area contributed by atoms with Crippen LogP contribution >= 0.6 is 11.8 Å². The summed E-state index contributed by atoms with van der Waals surface area (Å²) in [5.74, 6) is 1.14. The summed E-state index contributed by atoms with van der Waals surface area (Å²) in [5.41, 5.74) is 1.31. The molecule has 0 amide bonds. The summed E-state index contributed by atoms with van der Waals surface area (Å²) in [6.07, 6.45) is 3.19. The minimum Gasteiger partial charge on any atom is -0.497 e. The highest BCUT2D eigenvalue weighted by Gasteiger charge is 2.14. The zero-order valence-electron chi connectivity index (χ0n) is 14.0. The third kappa shape index (κ3) is 6.67. The lowest BCUT2D eigenvalue weighted by atomic mass is 9.98. The van der Waals surface area contributed by atoms with E-state index >= 15 is 0 Å². The van der Waals surface area contributed by atoms with Crippen molar-refractivity contribution in [2.24, 2.45) is 5.92 Å². The van der Waals surface area contributed by atoms with Crippen molar-refractivity contribution in [2.45, 2.75) is 30.6 Å². The van der Waals surface area contributed by atoms with E-state index in [2.05, 4.69) is 12.1 Å². The highest BCUT2D eigenvalue weighted by Crippen LogP contribution is 2.26. The van der Waals surface area contributed by atoms with Crippen LogP contribution in [0.2, 0.25) is 0 Å². The van der Waals surface area contributed by atoms with Crippen LogP contribution in [0.3, 0.4) is 0 Å². The molecule has 2 rings (SSSR count). The van der Waals surface area contributed by atoms with E-state index in [1.54, 1.807) is 18.9 Å². The maximum Gasteiger partial charge on any atom is 0.303 e. The Morgan fingerprint density at radius 1 is 1.12 bits per heavy atom. The molecule has 0 radical (unpaired) electrons. The lowest BCUT2D eigenvalue weighted by Crippen LogP contribution is -2.11. The van der Waals surface area contributed by atoms with Gasteiger partial charge in [-0.15, -0.1) is 11.8 Å². The van der Waals surface area contributed by atoms with E-state index in [9.17, 15) is 4.79 Å². The van der Waals surface area contributed by atoms with Crippen molar-refractivity contribution in [1.82, 2.24) is 0 Å². The van der Waals surface area contributed by atoms with Gasteiger partial charge in [0.1, 0.15) is 5.75 Å². The summed E-state index contributed by atoms with van der Waals surface area (Å²) in [4.78, 5) is 12.3. The van der Waals surface area contributed by atoms with Crippen LogP contribution < -0.4 is 4.74 Å². The first kappa shape index (κ1) is 18.4. The minimum absolute atomic E-state index is 0.193. The molecule has 0 aliphatic rings. The molecule has 0 aliphatic heterocycles. The SMILES string of the molecule is COc1ccc(SCC(CCCc2ccccc2)CC(=O)O)cc1. The molecule has 0 fully saturated rings. The molecule has 0 bridgehead atoms. The Kier molecular flexibility index (Phi) is 7.69. The van der Waals surface area contributed by atoms with Gasteiger partial charge in [-0.05, 0) is 55.0 Å². The Bertz CT molecular complexity index is 611. The Labute approximate surface area is 148 Å². The van der Waals surface area contributed by atoms with Crippen molar-refractivity contribution >= 4 is 17.7 Å². The zero-order valence-corrected chi connectivity index (χ0v) is 14.8. The van der Waals surface area contributed by atoms with Crippen LogP contribution in [-0.2, 0) is 11.2 Å². The molecule has 2 aromatic carbocycles. The molecule has 3 nitrogen and oxygen atoms in total. The van der Waals surface area contributed by atoms with Crippen LogP contribution in [0.15, 0.2) is 59.5 Å². The van der Waals surface area contributed by atoms with Crippen molar-refractivity contribution in [2.75, 3.05) is 12.9 Å². The summed E-state index contributed by atoms with van der Waals surface area (Å²) >= 11 is 1.72. The molecule has 24 heavy (non-hydrogen) atoms. The average molecular weight is 344 g/mol. The van der Waals surface area contributed by atoms with Gasteiger partial charge in [-0.3, -0.25) is 4.79 Å². The average Bonchev–Trinajstić information content (AvgIpc) is 2.60. The number of aryl methyl sites for hydroxylation is 1. The minimum atomic E-state index is -0.713. The number of methoxy groups -OCH3 is 1. The van der Waals surface area contributed by atoms with Crippen LogP contribution in [0.25, 0.3) is 0 Å². The van der Waals surface area contributed by atoms with E-state index in [4.69, 9.17) is 9.84 Å². The summed E-state index contributed by atoms with van der Waals surface area (Å²) in [6, 6.07) is 18.3. The Morgan fingerprint density at radius 3 is 2.46 bits per heavy atom. The van der Waals surface area contributed by atoms with Crippen molar-refractivity contribution in [3.63, 3.8) is 0 Å². The summed E-state index contributed by atoms with van der Waals surface area (Å²) in [6.45, 7) is 0. The fraction of sp³-hybridized carbons (Fsp3) is 0.350. The van der Waals surface area contributed by atoms with Crippen molar-refractivity contribution in [1.29, 1.82) is 0 Å². The number of carboxylic acid groups (broad SMARTS) is 1. The maximum atomic E-state index is 11.1. The lowest BCUT2D eigenvalue weighted by molar-refractivity contribution is -0.137. The first-order valence-corrected chi connectivity index (χ1v) is 9.18. The van der Waals surface area contributed by atoms with Gasteiger partial charge in [0.2, 0.25) is 0 Å². The number of carboxylic acids is 1. The molecule has 1 N–H and O–H groups in total. The first-order valence-electron chi connectivity index (χ1n) is 8.20. The van der Waals surface area contributed by atoms with Gasteiger partial charge in [-0.1, -0.05) is 30.3 Å². The van der Waals surface area contributed by atoms with Gasteiger partial charge >= 0.3 is 5.97 Å². The first-order chi connectivity index (χ1) is 11.7. The molecule has 0 aromatic heterocycles. The van der Waals surface area contributed by atoms with E-state index in [-0.39, 0.29) is 12.3 Å². The second kappa shape index (κ2) is 10.0. The van der Waals surface area contributed by atoms with Gasteiger partial charge in [0.25, 0.3) is 0 Å². The lowest BCUT2D eigenvalue weighted by Gasteiger charge is -2.14. The van der Waals surface area contributed by atoms with E-state index < -0.39 is 5.97 Å². The Balaban J connectivity index is 1.81. The summed E-state index contributed by atoms with van der Waals surface area (Å²) in [5, 5.41) is 9.14. The molecule has 0 spiro atoms. The van der Waals surface area contributed by atoms with Crippen molar-refractivity contribution in [3.8, 4) is 5.75 Å². The van der Waals surface area contributed by atoms with Gasteiger partial charge < -0.3 is 9.84 Å². The molecule has 4 heteroatoms. The topological polar surface area (TPSA) is 46.5 Å². The third-order valence-corrected chi connectivity index (χ3v) is 5.17. The quantitative estimate of drug-likeness (QED) is 0.623. The molecular formula is C20H24O3S. The number of ether oxygens (including phenoxy) is 1. The van der Waals surface area contributed by atoms with Gasteiger partial charge in [-0.25, -0.2) is 0 Å². The van der Waals surface area contributed by atoms with E-state index in [0.717, 1.165) is 35.7 Å². The summed E-state index contributed by atoms with van der Waals surface area (Å²) < 4.78 is 5.16. The normalized spacial score (nSPS) is 11.9. The van der Waals surface area contributed by atoms with Gasteiger partial charge in [0, 0.05) is 17.1 Å². The number of benzene rings is 2. The molecular weight excluding hydrogens is 320 g/mol. The second-order valence-electron chi connectivity index (χ2n) is 5.83. The molecule has 128 valence electrons. The van der Waals surface area contributed by atoms with Crippen molar-refractivity contribution in [3.05, 3.63) is 60.2 Å². The largest absolute Gasteiger partial charge is 0.497 e. The van der Waals surface area contributed by atoms with E-state index in [0.29, 0.717) is 0 Å². The molecule has 1 unspecified atom stereocenters. The maximum absolute atomic E-state index is 11.1. The van der Waals surface area contributed by atoms with Crippen molar-refractivity contribution < 1.29 is 14.6 Å².